The second-order valence-corrected chi connectivity index (χ2v) is 9.21. The van der Waals surface area contributed by atoms with Crippen LogP contribution in [0.4, 0.5) is 0 Å². The monoisotopic (exact) mass is 371 g/mol. The molecule has 1 aliphatic heterocycles. The number of amides is 1. The molecule has 0 aromatic heterocycles. The molecule has 21 heavy (non-hydrogen) atoms. The van der Waals surface area contributed by atoms with Crippen LogP contribution in [0.15, 0.2) is 28.7 Å². The minimum atomic E-state index is -2.88. The van der Waals surface area contributed by atoms with Crippen molar-refractivity contribution in [1.82, 2.24) is 5.32 Å². The molecule has 4 nitrogen and oxygen atoms in total. The average molecular weight is 372 g/mol. The van der Waals surface area contributed by atoms with Crippen molar-refractivity contribution < 1.29 is 13.2 Å². The Labute approximate surface area is 133 Å². The van der Waals surface area contributed by atoms with E-state index in [1.165, 1.54) is 0 Å². The predicted octanol–water partition coefficient (Wildman–Crippen LogP) is 2.03. The number of carbonyl (C=O) groups is 1. The molecule has 1 unspecified atom stereocenters. The van der Waals surface area contributed by atoms with Gasteiger partial charge in [0.2, 0.25) is 5.91 Å². The molecule has 1 aromatic carbocycles. The van der Waals surface area contributed by atoms with E-state index in [4.69, 9.17) is 0 Å². The second-order valence-electron chi connectivity index (χ2n) is 6.07. The third kappa shape index (κ3) is 3.16. The molecule has 1 N–H and O–H groups in total. The maximum absolute atomic E-state index is 12.5. The molecule has 0 bridgehead atoms. The van der Waals surface area contributed by atoms with E-state index in [-0.39, 0.29) is 23.3 Å². The lowest BCUT2D eigenvalue weighted by Gasteiger charge is -2.17. The molecule has 1 heterocycles. The fourth-order valence-electron chi connectivity index (χ4n) is 2.98. The summed E-state index contributed by atoms with van der Waals surface area (Å²) in [6, 6.07) is 7.87. The lowest BCUT2D eigenvalue weighted by atomic mass is 9.95. The van der Waals surface area contributed by atoms with Gasteiger partial charge in [-0.05, 0) is 42.9 Å². The molecule has 1 atom stereocenters. The Balaban J connectivity index is 1.62. The molecule has 6 heteroatoms. The van der Waals surface area contributed by atoms with Crippen molar-refractivity contribution in [2.24, 2.45) is 5.92 Å². The fraction of sp³-hybridized carbons (Fsp3) is 0.533. The molecule has 1 aromatic rings. The summed E-state index contributed by atoms with van der Waals surface area (Å²) in [6.07, 6.45) is 2.39. The lowest BCUT2D eigenvalue weighted by Crippen LogP contribution is -2.37. The Kier molecular flexibility index (Phi) is 3.86. The van der Waals surface area contributed by atoms with Crippen molar-refractivity contribution in [3.63, 3.8) is 0 Å². The van der Waals surface area contributed by atoms with Gasteiger partial charge in [-0.25, -0.2) is 8.42 Å². The van der Waals surface area contributed by atoms with Gasteiger partial charge in [-0.2, -0.15) is 0 Å². The van der Waals surface area contributed by atoms with Crippen LogP contribution < -0.4 is 5.32 Å². The number of hydrogen-bond donors (Lipinski definition) is 1. The van der Waals surface area contributed by atoms with Crippen molar-refractivity contribution in [2.75, 3.05) is 18.1 Å². The number of benzene rings is 1. The number of hydrogen-bond acceptors (Lipinski definition) is 3. The van der Waals surface area contributed by atoms with Gasteiger partial charge in [0, 0.05) is 11.0 Å². The van der Waals surface area contributed by atoms with Crippen LogP contribution in [0.3, 0.4) is 0 Å². The molecule has 1 saturated heterocycles. The summed E-state index contributed by atoms with van der Waals surface area (Å²) in [5, 5.41) is 2.96. The second kappa shape index (κ2) is 5.39. The molecule has 1 amide bonds. The van der Waals surface area contributed by atoms with E-state index in [0.29, 0.717) is 13.0 Å². The molecular weight excluding hydrogens is 354 g/mol. The van der Waals surface area contributed by atoms with Crippen LogP contribution in [0.25, 0.3) is 0 Å². The molecule has 1 saturated carbocycles. The molecule has 1 aliphatic carbocycles. The molecule has 3 rings (SSSR count). The SMILES string of the molecule is O=C(NCC1CCS(=O)(=O)C1)C1(c2ccc(Br)cc2)CC1. The van der Waals surface area contributed by atoms with E-state index in [1.807, 2.05) is 24.3 Å². The van der Waals surface area contributed by atoms with Gasteiger partial charge >= 0.3 is 0 Å². The number of nitrogens with one attached hydrogen (secondary N) is 1. The Hall–Kier alpha value is -0.880. The number of halogens is 1. The van der Waals surface area contributed by atoms with E-state index >= 15 is 0 Å². The predicted molar refractivity (Wildman–Crippen MR) is 84.8 cm³/mol. The van der Waals surface area contributed by atoms with E-state index in [2.05, 4.69) is 21.2 Å². The first-order valence-electron chi connectivity index (χ1n) is 7.16. The van der Waals surface area contributed by atoms with Crippen molar-refractivity contribution in [3.05, 3.63) is 34.3 Å². The van der Waals surface area contributed by atoms with Gasteiger partial charge in [0.05, 0.1) is 16.9 Å². The summed E-state index contributed by atoms with van der Waals surface area (Å²) in [6.45, 7) is 0.469. The van der Waals surface area contributed by atoms with Crippen LogP contribution in [-0.4, -0.2) is 32.4 Å². The first-order valence-corrected chi connectivity index (χ1v) is 9.77. The Morgan fingerprint density at radius 2 is 1.95 bits per heavy atom. The highest BCUT2D eigenvalue weighted by Gasteiger charge is 2.51. The Morgan fingerprint density at radius 3 is 2.48 bits per heavy atom. The number of rotatable bonds is 4. The summed E-state index contributed by atoms with van der Waals surface area (Å²) >= 11 is 3.40. The number of carbonyl (C=O) groups excluding carboxylic acids is 1. The Morgan fingerprint density at radius 1 is 1.29 bits per heavy atom. The first kappa shape index (κ1) is 15.0. The standard InChI is InChI=1S/C15H18BrNO3S/c16-13-3-1-12(2-4-13)15(6-7-15)14(18)17-9-11-5-8-21(19,20)10-11/h1-4,11H,5-10H2,(H,17,18). The highest BCUT2D eigenvalue weighted by Crippen LogP contribution is 2.48. The largest absolute Gasteiger partial charge is 0.355 e. The highest BCUT2D eigenvalue weighted by atomic mass is 79.9. The summed E-state index contributed by atoms with van der Waals surface area (Å²) < 4.78 is 23.9. The minimum Gasteiger partial charge on any atom is -0.355 e. The maximum Gasteiger partial charge on any atom is 0.230 e. The van der Waals surface area contributed by atoms with E-state index in [9.17, 15) is 13.2 Å². The van der Waals surface area contributed by atoms with Crippen LogP contribution in [0.1, 0.15) is 24.8 Å². The third-order valence-corrected chi connectivity index (χ3v) is 6.83. The first-order chi connectivity index (χ1) is 9.91. The quantitative estimate of drug-likeness (QED) is 0.880. The minimum absolute atomic E-state index is 0.0362. The molecule has 0 spiro atoms. The van der Waals surface area contributed by atoms with E-state index < -0.39 is 15.3 Å². The zero-order chi connectivity index (χ0) is 15.1. The zero-order valence-corrected chi connectivity index (χ0v) is 14.0. The highest BCUT2D eigenvalue weighted by molar-refractivity contribution is 9.10. The van der Waals surface area contributed by atoms with Crippen molar-refractivity contribution in [1.29, 1.82) is 0 Å². The zero-order valence-electron chi connectivity index (χ0n) is 11.6. The molecule has 2 fully saturated rings. The van der Waals surface area contributed by atoms with Gasteiger partial charge in [0.25, 0.3) is 0 Å². The number of sulfone groups is 1. The van der Waals surface area contributed by atoms with Crippen molar-refractivity contribution in [3.8, 4) is 0 Å². The topological polar surface area (TPSA) is 63.2 Å². The maximum atomic E-state index is 12.5. The summed E-state index contributed by atoms with van der Waals surface area (Å²) in [5.74, 6) is 0.568. The fourth-order valence-corrected chi connectivity index (χ4v) is 5.11. The van der Waals surface area contributed by atoms with Crippen LogP contribution in [0.2, 0.25) is 0 Å². The smallest absolute Gasteiger partial charge is 0.230 e. The van der Waals surface area contributed by atoms with E-state index in [0.717, 1.165) is 22.9 Å². The average Bonchev–Trinajstić information content (AvgIpc) is 3.17. The molecule has 114 valence electrons. The lowest BCUT2D eigenvalue weighted by molar-refractivity contribution is -0.123. The summed E-state index contributed by atoms with van der Waals surface area (Å²) in [4.78, 5) is 12.5. The van der Waals surface area contributed by atoms with Gasteiger partial charge in [-0.1, -0.05) is 28.1 Å². The normalized spacial score (nSPS) is 25.5. The van der Waals surface area contributed by atoms with Crippen LogP contribution >= 0.6 is 15.9 Å². The van der Waals surface area contributed by atoms with Gasteiger partial charge in [0.15, 0.2) is 9.84 Å². The van der Waals surface area contributed by atoms with Gasteiger partial charge in [0.1, 0.15) is 0 Å². The summed E-state index contributed by atoms with van der Waals surface area (Å²) in [7, 11) is -2.88. The van der Waals surface area contributed by atoms with Crippen molar-refractivity contribution >= 4 is 31.7 Å². The third-order valence-electron chi connectivity index (χ3n) is 4.46. The molecule has 2 aliphatic rings. The molecular formula is C15H18BrNO3S. The van der Waals surface area contributed by atoms with E-state index in [1.54, 1.807) is 0 Å². The van der Waals surface area contributed by atoms with Crippen molar-refractivity contribution in [2.45, 2.75) is 24.7 Å². The van der Waals surface area contributed by atoms with Gasteiger partial charge < -0.3 is 5.32 Å². The summed E-state index contributed by atoms with van der Waals surface area (Å²) in [5.41, 5.74) is 0.653. The van der Waals surface area contributed by atoms with Crippen LogP contribution in [0, 0.1) is 5.92 Å². The Bertz CT molecular complexity index is 650. The van der Waals surface area contributed by atoms with Crippen LogP contribution in [0.5, 0.6) is 0 Å². The molecule has 0 radical (unpaired) electrons. The van der Waals surface area contributed by atoms with Gasteiger partial charge in [-0.15, -0.1) is 0 Å². The van der Waals surface area contributed by atoms with Gasteiger partial charge in [-0.3, -0.25) is 4.79 Å². The van der Waals surface area contributed by atoms with Crippen LogP contribution in [-0.2, 0) is 20.0 Å².